The monoisotopic (exact) mass is 1730 g/mol. The van der Waals surface area contributed by atoms with Crippen molar-refractivity contribution < 1.29 is 33.7 Å². The minimum absolute atomic E-state index is 0.506. The molecule has 3 N–H and O–H groups in total. The fourth-order valence-electron chi connectivity index (χ4n) is 11.5. The second-order valence-electron chi connectivity index (χ2n) is 25.5. The van der Waals surface area contributed by atoms with E-state index in [2.05, 4.69) is 122 Å². The summed E-state index contributed by atoms with van der Waals surface area (Å²) in [5.74, 6) is 4.33. The molecule has 106 heavy (non-hydrogen) atoms. The molecule has 0 unspecified atom stereocenters. The molecule has 0 aliphatic carbocycles. The summed E-state index contributed by atoms with van der Waals surface area (Å²) in [6.45, 7) is 2.08. The predicted octanol–water partition coefficient (Wildman–Crippen LogP) is 12.2. The first-order chi connectivity index (χ1) is 50.1. The third-order valence-electron chi connectivity index (χ3n) is 18.1. The van der Waals surface area contributed by atoms with Gasteiger partial charge in [-0.25, -0.2) is 53.6 Å². The van der Waals surface area contributed by atoms with Crippen LogP contribution >= 0.6 is 37.2 Å². The average molecular weight is 1730 g/mol. The maximum atomic E-state index is 11.8. The van der Waals surface area contributed by atoms with Crippen molar-refractivity contribution in [3.05, 3.63) is 238 Å². The van der Waals surface area contributed by atoms with Crippen molar-refractivity contribution in [3.63, 3.8) is 0 Å². The van der Waals surface area contributed by atoms with Crippen molar-refractivity contribution in [2.75, 3.05) is 70.9 Å². The largest absolute Gasteiger partial charge is 0.384 e. The fourth-order valence-corrected chi connectivity index (χ4v) is 13.6. The molecule has 30 heteroatoms. The van der Waals surface area contributed by atoms with Crippen LogP contribution in [-0.2, 0) is 120 Å². The molecule has 0 saturated carbocycles. The first kappa shape index (κ1) is 82.2. The number of hydrogen-bond donors (Lipinski definition) is 2. The van der Waals surface area contributed by atoms with E-state index in [1.807, 2.05) is 140 Å². The van der Waals surface area contributed by atoms with Crippen LogP contribution < -0.4 is 23.4 Å². The van der Waals surface area contributed by atoms with Crippen molar-refractivity contribution in [2.45, 2.75) is 58.3 Å². The first-order valence-electron chi connectivity index (χ1n) is 33.2. The highest BCUT2D eigenvalue weighted by Crippen LogP contribution is 2.28. The quantitative estimate of drug-likeness (QED) is 0.0384. The molecule has 24 nitrogen and oxygen atoms in total. The van der Waals surface area contributed by atoms with Crippen molar-refractivity contribution in [1.29, 1.82) is 10.5 Å². The molecule has 4 heterocycles. The molecular formula is C76H86I2N16O8S4. The van der Waals surface area contributed by atoms with Crippen LogP contribution in [0.1, 0.15) is 67.8 Å². The van der Waals surface area contributed by atoms with E-state index in [0.717, 1.165) is 142 Å². The molecular weight excluding hydrogens is 1650 g/mol. The molecule has 0 saturated heterocycles. The summed E-state index contributed by atoms with van der Waals surface area (Å²) in [5.41, 5.74) is 23.4. The number of aryl methyl sites for hydroxylation is 13. The van der Waals surface area contributed by atoms with E-state index in [4.69, 9.17) is 26.2 Å². The highest BCUT2D eigenvalue weighted by Gasteiger charge is 2.20. The van der Waals surface area contributed by atoms with E-state index in [1.165, 1.54) is 55.4 Å². The lowest BCUT2D eigenvalue weighted by atomic mass is 10.1. The summed E-state index contributed by atoms with van der Waals surface area (Å²) in [6, 6.07) is 57.8. The molecule has 556 valence electrons. The number of amidine groups is 1. The van der Waals surface area contributed by atoms with Gasteiger partial charge in [0.05, 0.1) is 115 Å². The Kier molecular flexibility index (Phi) is 27.7. The molecule has 0 aliphatic heterocycles. The van der Waals surface area contributed by atoms with Crippen LogP contribution in [0.4, 0.5) is 22.7 Å². The number of nitriles is 2. The number of aliphatic imine (C=N–C) groups is 1. The number of fused-ring (bicyclic) bond motifs is 4. The highest BCUT2D eigenvalue weighted by molar-refractivity contribution is 15.0. The third kappa shape index (κ3) is 21.6. The summed E-state index contributed by atoms with van der Waals surface area (Å²) < 4.78 is 108. The number of rotatable bonds is 21. The van der Waals surface area contributed by atoms with Crippen molar-refractivity contribution in [2.24, 2.45) is 38.9 Å². The minimum Gasteiger partial charge on any atom is -0.384 e. The standard InChI is InChI=1S/C20H25N5O2S.C19H20N4O2S.C19H23N3O2S.C18H18N4O2S.I2/c1-22-20(21)15-8-5-14(6-9-15)7-12-19-23-17-13-16(25(3)28(4,26)27)10-11-18(17)24(19)2;1-22-18-10-9-16(23(2)26(3,24)25)12-17(18)21-19(22)11-8-14-4-6-15(13-20)7-5-14;1-14-5-7-15(8-6-14)9-12-19-20-17-13-16(22(3)25(4,23)24)10-11-18(17)21(19)2;1-22-17-9-8-15(21-25(2,23)24)11-16(17)20-18(22)10-7-13-3-5-14(12-19)6-4-13;1-2/h5-6,8-11,13H,7,12H2,1-4H3,(H2,21,22);4-7,9-10,12H,8,11H2,1-3H3;5-8,10-11,13H,9,12H2,1-4H3;3-6,8-9,11,21H,7,10H2,1-2H3;. The van der Waals surface area contributed by atoms with Crippen LogP contribution in [0.3, 0.4) is 0 Å². The highest BCUT2D eigenvalue weighted by atomic mass is 128. The Morgan fingerprint density at radius 2 is 0.708 bits per heavy atom. The summed E-state index contributed by atoms with van der Waals surface area (Å²) >= 11 is 4.24. The number of benzene rings is 8. The summed E-state index contributed by atoms with van der Waals surface area (Å²) in [6.07, 6.45) is 11.2. The number of nitrogens with two attached hydrogens (primary N) is 1. The summed E-state index contributed by atoms with van der Waals surface area (Å²) in [5, 5.41) is 17.7. The van der Waals surface area contributed by atoms with Crippen molar-refractivity contribution in [1.82, 2.24) is 38.2 Å². The molecule has 8 aromatic carbocycles. The number of nitrogens with zero attached hydrogens (tertiary/aromatic N) is 14. The second kappa shape index (κ2) is 35.8. The molecule has 12 aromatic rings. The molecule has 0 amide bonds. The molecule has 0 fully saturated rings. The maximum absolute atomic E-state index is 11.8. The van der Waals surface area contributed by atoms with E-state index in [1.54, 1.807) is 51.5 Å². The zero-order chi connectivity index (χ0) is 77.6. The van der Waals surface area contributed by atoms with Crippen LogP contribution in [0.25, 0.3) is 44.1 Å². The Hall–Kier alpha value is -9.45. The molecule has 0 atom stereocenters. The van der Waals surface area contributed by atoms with Crippen molar-refractivity contribution >= 4 is 150 Å². The number of aromatic nitrogens is 8. The van der Waals surface area contributed by atoms with Gasteiger partial charge in [0.15, 0.2) is 0 Å². The Morgan fingerprint density at radius 3 is 0.981 bits per heavy atom. The maximum Gasteiger partial charge on any atom is 0.231 e. The Balaban J connectivity index is 0.000000177. The van der Waals surface area contributed by atoms with E-state index in [0.29, 0.717) is 39.7 Å². The Morgan fingerprint density at radius 1 is 0.434 bits per heavy atom. The van der Waals surface area contributed by atoms with Gasteiger partial charge in [-0.1, -0.05) is 78.4 Å². The van der Waals surface area contributed by atoms with Gasteiger partial charge in [0, 0.05) is 125 Å². The lowest BCUT2D eigenvalue weighted by Gasteiger charge is -2.16. The number of hydrogen-bond acceptors (Lipinski definition) is 15. The van der Waals surface area contributed by atoms with Gasteiger partial charge in [-0.2, -0.15) is 10.5 Å². The van der Waals surface area contributed by atoms with Gasteiger partial charge in [-0.3, -0.25) is 22.6 Å². The molecule has 0 aliphatic rings. The van der Waals surface area contributed by atoms with Crippen LogP contribution in [0.2, 0.25) is 0 Å². The zero-order valence-corrected chi connectivity index (χ0v) is 68.9. The Labute approximate surface area is 644 Å². The van der Waals surface area contributed by atoms with Gasteiger partial charge in [-0.05, 0) is 152 Å². The molecule has 12 rings (SSSR count). The van der Waals surface area contributed by atoms with Gasteiger partial charge in [0.25, 0.3) is 0 Å². The van der Waals surface area contributed by atoms with Crippen molar-refractivity contribution in [3.8, 4) is 12.1 Å². The number of sulfonamides is 4. The van der Waals surface area contributed by atoms with E-state index < -0.39 is 40.1 Å². The lowest BCUT2D eigenvalue weighted by molar-refractivity contribution is 0.598. The van der Waals surface area contributed by atoms with Crippen LogP contribution in [0.15, 0.2) is 175 Å². The van der Waals surface area contributed by atoms with E-state index in [9.17, 15) is 33.7 Å². The Bertz CT molecular complexity index is 5720. The number of anilines is 4. The number of imidazole rings is 4. The van der Waals surface area contributed by atoms with Gasteiger partial charge >= 0.3 is 0 Å². The van der Waals surface area contributed by atoms with E-state index >= 15 is 0 Å². The second-order valence-corrected chi connectivity index (χ2v) is 33.3. The molecule has 0 spiro atoms. The topological polar surface area (TPSA) is 316 Å². The van der Waals surface area contributed by atoms with Crippen LogP contribution in [0, 0.1) is 29.6 Å². The zero-order valence-electron chi connectivity index (χ0n) is 61.3. The van der Waals surface area contributed by atoms with Crippen LogP contribution in [0.5, 0.6) is 0 Å². The van der Waals surface area contributed by atoms with Gasteiger partial charge < -0.3 is 24.0 Å². The molecule has 0 bridgehead atoms. The van der Waals surface area contributed by atoms with Gasteiger partial charge in [0.1, 0.15) is 29.1 Å². The number of halogens is 2. The third-order valence-corrected chi connectivity index (χ3v) is 22.3. The summed E-state index contributed by atoms with van der Waals surface area (Å²) in [7, 11) is 0.998. The fraction of sp³-hybridized carbons (Fsp3) is 0.276. The van der Waals surface area contributed by atoms with Gasteiger partial charge in [-0.15, -0.1) is 0 Å². The average Bonchev–Trinajstić information content (AvgIpc) is 1.65. The smallest absolute Gasteiger partial charge is 0.231 e. The SMILES string of the molecule is CN(c1ccc2c(c1)nc(CCc1ccc(C#N)cc1)n2C)S(C)(=O)=O.CN=C(N)c1ccc(CCc2nc3cc(N(C)S(C)(=O)=O)ccc3n2C)cc1.Cc1ccc(CCc2nc3cc(N(C)S(C)(=O)=O)ccc3n2C)cc1.Cn1c(CCc2ccc(C#N)cc2)nc2cc(NS(C)(=O)=O)ccc21.II. The normalized spacial score (nSPS) is 11.7. The van der Waals surface area contributed by atoms with Crippen LogP contribution in [-0.4, -0.2) is 131 Å². The molecule has 4 aromatic heterocycles. The van der Waals surface area contributed by atoms with E-state index in [-0.39, 0.29) is 0 Å². The molecule has 0 radical (unpaired) electrons. The predicted molar refractivity (Wildman–Crippen MR) is 445 cm³/mol. The summed E-state index contributed by atoms with van der Waals surface area (Å²) in [4.78, 5) is 22.7. The first-order valence-corrected chi connectivity index (χ1v) is 46.9. The number of nitrogens with one attached hydrogen (secondary N) is 1. The minimum atomic E-state index is -3.31. The lowest BCUT2D eigenvalue weighted by Crippen LogP contribution is -2.24. The van der Waals surface area contributed by atoms with Gasteiger partial charge in [0.2, 0.25) is 40.1 Å².